The summed E-state index contributed by atoms with van der Waals surface area (Å²) in [6.45, 7) is 7.75. The second kappa shape index (κ2) is 9.82. The van der Waals surface area contributed by atoms with E-state index in [1.165, 1.54) is 30.6 Å². The van der Waals surface area contributed by atoms with E-state index in [1.807, 2.05) is 39.8 Å². The molecule has 2 aromatic heterocycles. The summed E-state index contributed by atoms with van der Waals surface area (Å²) in [5, 5.41) is 0. The van der Waals surface area contributed by atoms with Gasteiger partial charge in [-0.15, -0.1) is 24.5 Å². The molecule has 1 aromatic carbocycles. The molecule has 0 amide bonds. The van der Waals surface area contributed by atoms with E-state index in [1.54, 1.807) is 12.1 Å². The van der Waals surface area contributed by atoms with Gasteiger partial charge in [-0.25, -0.2) is 4.79 Å². The van der Waals surface area contributed by atoms with E-state index in [4.69, 9.17) is 14.5 Å². The molecule has 0 unspecified atom stereocenters. The SMILES string of the molecule is COC(=O)Oc1c(C)c(C)nc(C(C)C)c1Cc1ccc(-c2ccc(OC(F)(F)F)cc2)s1. The van der Waals surface area contributed by atoms with Crippen LogP contribution >= 0.6 is 11.3 Å². The van der Waals surface area contributed by atoms with Gasteiger partial charge in [0.1, 0.15) is 11.5 Å². The Hall–Kier alpha value is -3.07. The van der Waals surface area contributed by atoms with Crippen molar-refractivity contribution in [2.45, 2.75) is 46.4 Å². The minimum Gasteiger partial charge on any atom is -0.437 e. The Kier molecular flexibility index (Phi) is 7.31. The molecule has 0 fully saturated rings. The molecule has 0 aliphatic rings. The number of aromatic nitrogens is 1. The van der Waals surface area contributed by atoms with Crippen molar-refractivity contribution in [1.29, 1.82) is 0 Å². The molecule has 0 atom stereocenters. The fourth-order valence-electron chi connectivity index (χ4n) is 3.37. The summed E-state index contributed by atoms with van der Waals surface area (Å²) < 4.78 is 51.3. The maximum absolute atomic E-state index is 12.4. The second-order valence-corrected chi connectivity index (χ2v) is 8.91. The van der Waals surface area contributed by atoms with Crippen LogP contribution in [0.2, 0.25) is 0 Å². The molecular weight excluding hydrogens is 455 g/mol. The number of carbonyl (C=O) groups is 1. The van der Waals surface area contributed by atoms with Crippen molar-refractivity contribution in [1.82, 2.24) is 4.98 Å². The van der Waals surface area contributed by atoms with Gasteiger partial charge in [-0.05, 0) is 61.7 Å². The average molecular weight is 480 g/mol. The second-order valence-electron chi connectivity index (χ2n) is 7.74. The van der Waals surface area contributed by atoms with Crippen molar-refractivity contribution in [2.75, 3.05) is 7.11 Å². The number of nitrogens with zero attached hydrogens (tertiary/aromatic N) is 1. The standard InChI is InChI=1S/C24H24F3NO4S/c1-13(2)21-19(22(31-23(29)30-5)14(3)15(4)28-21)12-18-10-11-20(33-18)16-6-8-17(9-7-16)32-24(25,26)27/h6-11,13H,12H2,1-5H3. The minimum absolute atomic E-state index is 0.0971. The van der Waals surface area contributed by atoms with Gasteiger partial charge in [0.05, 0.1) is 12.8 Å². The number of benzene rings is 1. The Morgan fingerprint density at radius 2 is 1.76 bits per heavy atom. The van der Waals surface area contributed by atoms with Crippen LogP contribution in [0.1, 0.15) is 47.2 Å². The van der Waals surface area contributed by atoms with Crippen molar-refractivity contribution in [3.8, 4) is 21.9 Å². The number of hydrogen-bond acceptors (Lipinski definition) is 6. The van der Waals surface area contributed by atoms with E-state index >= 15 is 0 Å². The van der Waals surface area contributed by atoms with Crippen LogP contribution < -0.4 is 9.47 Å². The first-order valence-corrected chi connectivity index (χ1v) is 11.0. The number of pyridine rings is 1. The highest BCUT2D eigenvalue weighted by Gasteiger charge is 2.31. The smallest absolute Gasteiger partial charge is 0.437 e. The summed E-state index contributed by atoms with van der Waals surface area (Å²) in [4.78, 5) is 18.5. The van der Waals surface area contributed by atoms with Crippen LogP contribution in [0, 0.1) is 13.8 Å². The maximum Gasteiger partial charge on any atom is 0.573 e. The van der Waals surface area contributed by atoms with Crippen LogP contribution in [0.5, 0.6) is 11.5 Å². The first kappa shape index (κ1) is 24.6. The molecule has 0 radical (unpaired) electrons. The number of methoxy groups -OCH3 is 1. The molecule has 0 N–H and O–H groups in total. The summed E-state index contributed by atoms with van der Waals surface area (Å²) in [6, 6.07) is 9.59. The molecule has 0 spiro atoms. The lowest BCUT2D eigenvalue weighted by atomic mass is 9.96. The van der Waals surface area contributed by atoms with E-state index < -0.39 is 12.5 Å². The molecule has 3 rings (SSSR count). The van der Waals surface area contributed by atoms with E-state index in [0.717, 1.165) is 37.8 Å². The van der Waals surface area contributed by atoms with Gasteiger partial charge in [-0.1, -0.05) is 13.8 Å². The third kappa shape index (κ3) is 6.04. The summed E-state index contributed by atoms with van der Waals surface area (Å²) in [5.74, 6) is 0.275. The molecule has 0 saturated carbocycles. The van der Waals surface area contributed by atoms with E-state index in [-0.39, 0.29) is 11.7 Å². The fourth-order valence-corrected chi connectivity index (χ4v) is 4.40. The molecule has 0 saturated heterocycles. The summed E-state index contributed by atoms with van der Waals surface area (Å²) >= 11 is 1.50. The van der Waals surface area contributed by atoms with E-state index in [9.17, 15) is 18.0 Å². The van der Waals surface area contributed by atoms with Gasteiger partial charge in [0, 0.05) is 33.0 Å². The van der Waals surface area contributed by atoms with Crippen molar-refractivity contribution in [2.24, 2.45) is 0 Å². The van der Waals surface area contributed by atoms with Crippen molar-refractivity contribution in [3.63, 3.8) is 0 Å². The largest absolute Gasteiger partial charge is 0.573 e. The van der Waals surface area contributed by atoms with Crippen LogP contribution in [-0.2, 0) is 11.2 Å². The van der Waals surface area contributed by atoms with Crippen LogP contribution in [-0.4, -0.2) is 24.6 Å². The molecule has 5 nitrogen and oxygen atoms in total. The quantitative estimate of drug-likeness (QED) is 0.350. The summed E-state index contributed by atoms with van der Waals surface area (Å²) in [7, 11) is 1.26. The lowest BCUT2D eigenvalue weighted by molar-refractivity contribution is -0.274. The number of alkyl halides is 3. The highest BCUT2D eigenvalue weighted by atomic mass is 32.1. The number of ether oxygens (including phenoxy) is 3. The van der Waals surface area contributed by atoms with Crippen molar-refractivity contribution < 1.29 is 32.2 Å². The zero-order valence-corrected chi connectivity index (χ0v) is 19.7. The summed E-state index contributed by atoms with van der Waals surface area (Å²) in [6.07, 6.45) is -5.04. The molecule has 33 heavy (non-hydrogen) atoms. The van der Waals surface area contributed by atoms with E-state index in [2.05, 4.69) is 4.74 Å². The molecular formula is C24H24F3NO4S. The predicted octanol–water partition coefficient (Wildman–Crippen LogP) is 7.18. The van der Waals surface area contributed by atoms with Gasteiger partial charge in [0.15, 0.2) is 0 Å². The molecule has 176 valence electrons. The molecule has 0 aliphatic heterocycles. The fraction of sp³-hybridized carbons (Fsp3) is 0.333. The van der Waals surface area contributed by atoms with Gasteiger partial charge < -0.3 is 14.2 Å². The van der Waals surface area contributed by atoms with Crippen LogP contribution in [0.4, 0.5) is 18.0 Å². The zero-order valence-electron chi connectivity index (χ0n) is 18.9. The van der Waals surface area contributed by atoms with Gasteiger partial charge in [0.2, 0.25) is 0 Å². The first-order chi connectivity index (χ1) is 15.5. The monoisotopic (exact) mass is 479 g/mol. The molecule has 0 bridgehead atoms. The number of carbonyl (C=O) groups excluding carboxylic acids is 1. The highest BCUT2D eigenvalue weighted by Crippen LogP contribution is 2.37. The van der Waals surface area contributed by atoms with Gasteiger partial charge in [-0.3, -0.25) is 4.98 Å². The van der Waals surface area contributed by atoms with Gasteiger partial charge >= 0.3 is 12.5 Å². The highest BCUT2D eigenvalue weighted by molar-refractivity contribution is 7.15. The summed E-state index contributed by atoms with van der Waals surface area (Å²) in [5.41, 5.74) is 3.95. The lowest BCUT2D eigenvalue weighted by Gasteiger charge is -2.19. The van der Waals surface area contributed by atoms with E-state index in [0.29, 0.717) is 12.2 Å². The van der Waals surface area contributed by atoms with Crippen LogP contribution in [0.25, 0.3) is 10.4 Å². The van der Waals surface area contributed by atoms with Gasteiger partial charge in [0.25, 0.3) is 0 Å². The molecule has 3 aromatic rings. The number of aryl methyl sites for hydroxylation is 1. The topological polar surface area (TPSA) is 57.7 Å². The maximum atomic E-state index is 12.4. The number of thiophene rings is 1. The number of halogens is 3. The van der Waals surface area contributed by atoms with Gasteiger partial charge in [-0.2, -0.15) is 0 Å². The predicted molar refractivity (Wildman–Crippen MR) is 120 cm³/mol. The Bertz CT molecular complexity index is 1140. The Balaban J connectivity index is 1.93. The Labute approximate surface area is 194 Å². The van der Waals surface area contributed by atoms with Crippen LogP contribution in [0.15, 0.2) is 36.4 Å². The van der Waals surface area contributed by atoms with Crippen molar-refractivity contribution in [3.05, 3.63) is 63.8 Å². The third-order valence-electron chi connectivity index (χ3n) is 5.04. The molecule has 2 heterocycles. The first-order valence-electron chi connectivity index (χ1n) is 10.2. The lowest BCUT2D eigenvalue weighted by Crippen LogP contribution is -2.16. The Morgan fingerprint density at radius 3 is 2.33 bits per heavy atom. The average Bonchev–Trinajstić information content (AvgIpc) is 3.20. The number of hydrogen-bond donors (Lipinski definition) is 0. The van der Waals surface area contributed by atoms with Crippen LogP contribution in [0.3, 0.4) is 0 Å². The zero-order chi connectivity index (χ0) is 24.3. The molecule has 9 heteroatoms. The molecule has 0 aliphatic carbocycles. The Morgan fingerprint density at radius 1 is 1.09 bits per heavy atom. The van der Waals surface area contributed by atoms with Crippen molar-refractivity contribution >= 4 is 17.5 Å². The normalized spacial score (nSPS) is 11.5. The number of rotatable bonds is 6. The minimum atomic E-state index is -4.73. The third-order valence-corrected chi connectivity index (χ3v) is 6.17.